The first kappa shape index (κ1) is 41.8. The van der Waals surface area contributed by atoms with Gasteiger partial charge in [-0.25, -0.2) is 0 Å². The van der Waals surface area contributed by atoms with Gasteiger partial charge in [-0.1, -0.05) is 0 Å². The summed E-state index contributed by atoms with van der Waals surface area (Å²) in [5, 5.41) is 0. The predicted molar refractivity (Wildman–Crippen MR) is 15.4 cm³/mol. The summed E-state index contributed by atoms with van der Waals surface area (Å²) in [5.41, 5.74) is 0. The smallest absolute Gasteiger partial charge is 1.00 e. The van der Waals surface area contributed by atoms with Crippen LogP contribution in [0, 0.1) is 0 Å². The van der Waals surface area contributed by atoms with Gasteiger partial charge in [0.1, 0.15) is 0 Å². The summed E-state index contributed by atoms with van der Waals surface area (Å²) in [6.07, 6.45) is 0. The molecule has 5 heteroatoms. The Morgan fingerprint density at radius 3 is 0.600 bits per heavy atom. The predicted octanol–water partition coefficient (Wildman–Crippen LogP) is -5.38. The van der Waals surface area contributed by atoms with Crippen LogP contribution >= 0.6 is 24.0 Å². The van der Waals surface area contributed by atoms with Crippen LogP contribution in [0.3, 0.4) is 0 Å². The van der Waals surface area contributed by atoms with Crippen molar-refractivity contribution in [3.05, 3.63) is 0 Å². The van der Waals surface area contributed by atoms with Gasteiger partial charge >= 0.3 is 44.8 Å². The second kappa shape index (κ2) is 27.2. The molecule has 0 atom stereocenters. The Labute approximate surface area is 101 Å². The Bertz CT molecular complexity index is 7.61. The van der Waals surface area contributed by atoms with Crippen molar-refractivity contribution in [1.29, 1.82) is 0 Å². The summed E-state index contributed by atoms with van der Waals surface area (Å²) >= 11 is 0. The summed E-state index contributed by atoms with van der Waals surface area (Å²) in [6, 6.07) is 0. The van der Waals surface area contributed by atoms with Crippen LogP contribution in [0.25, 0.3) is 0 Å². The fourth-order valence-electron chi connectivity index (χ4n) is 0. The maximum absolute atomic E-state index is 0. The van der Waals surface area contributed by atoms with Gasteiger partial charge in [0.15, 0.2) is 0 Å². The number of rotatable bonds is 0. The molecule has 0 amide bonds. The SMILES string of the molecule is I.[Ag+].[Ag+].[Br-].[Br-]. The van der Waals surface area contributed by atoms with Gasteiger partial charge in [-0.05, 0) is 0 Å². The molecule has 0 saturated heterocycles. The molecule has 44 valence electrons. The van der Waals surface area contributed by atoms with E-state index in [4.69, 9.17) is 0 Å². The van der Waals surface area contributed by atoms with Crippen LogP contribution in [0.5, 0.6) is 0 Å². The van der Waals surface area contributed by atoms with E-state index in [1.165, 1.54) is 0 Å². The van der Waals surface area contributed by atoms with Crippen molar-refractivity contribution in [2.45, 2.75) is 0 Å². The largest absolute Gasteiger partial charge is 1.00 e. The van der Waals surface area contributed by atoms with Crippen LogP contribution in [-0.4, -0.2) is 0 Å². The molecule has 0 nitrogen and oxygen atoms in total. The van der Waals surface area contributed by atoms with E-state index in [0.717, 1.165) is 0 Å². The monoisotopic (exact) mass is 500 g/mol. The Morgan fingerprint density at radius 2 is 0.600 bits per heavy atom. The van der Waals surface area contributed by atoms with Gasteiger partial charge in [-0.3, -0.25) is 0 Å². The second-order valence-corrected chi connectivity index (χ2v) is 0. The van der Waals surface area contributed by atoms with Crippen molar-refractivity contribution in [3.63, 3.8) is 0 Å². The molecule has 0 aliphatic carbocycles. The zero-order chi connectivity index (χ0) is 0. The maximum Gasteiger partial charge on any atom is 1.00 e. The van der Waals surface area contributed by atoms with Gasteiger partial charge in [-0.15, -0.1) is 24.0 Å². The molecular formula is HAg2Br2I. The standard InChI is InChI=1S/2Ag.2BrH.HI/h;;3*1H/q2*+1;;;/p-2. The molecule has 0 aromatic heterocycles. The second-order valence-electron chi connectivity index (χ2n) is 0. The van der Waals surface area contributed by atoms with Crippen LogP contribution in [0.1, 0.15) is 0 Å². The van der Waals surface area contributed by atoms with Gasteiger partial charge in [0.2, 0.25) is 0 Å². The first-order chi connectivity index (χ1) is 0. The summed E-state index contributed by atoms with van der Waals surface area (Å²) in [7, 11) is 0. The minimum atomic E-state index is 0. The molecule has 5 heavy (non-hydrogen) atoms. The third kappa shape index (κ3) is 19.1. The first-order valence-corrected chi connectivity index (χ1v) is 0. The average Bonchev–Trinajstić information content (AvgIpc) is 0. The molecular weight excluding hydrogens is 502 g/mol. The molecule has 0 heterocycles. The molecule has 0 spiro atoms. The zero-order valence-electron chi connectivity index (χ0n) is 1.77. The van der Waals surface area contributed by atoms with E-state index >= 15 is 0 Å². The van der Waals surface area contributed by atoms with Crippen molar-refractivity contribution in [2.75, 3.05) is 0 Å². The molecule has 0 aliphatic heterocycles. The number of hydrogen-bond donors (Lipinski definition) is 0. The Kier molecular flexibility index (Phi) is 227. The summed E-state index contributed by atoms with van der Waals surface area (Å²) < 4.78 is 0. The van der Waals surface area contributed by atoms with Crippen LogP contribution in [0.15, 0.2) is 0 Å². The van der Waals surface area contributed by atoms with Crippen molar-refractivity contribution in [1.82, 2.24) is 0 Å². The Morgan fingerprint density at radius 1 is 0.600 bits per heavy atom. The van der Waals surface area contributed by atoms with Crippen molar-refractivity contribution in [3.8, 4) is 0 Å². The molecule has 0 radical (unpaired) electrons. The quantitative estimate of drug-likeness (QED) is 0.229. The maximum atomic E-state index is 0. The molecule has 0 N–H and O–H groups in total. The van der Waals surface area contributed by atoms with E-state index in [9.17, 15) is 0 Å². The molecule has 0 rings (SSSR count). The van der Waals surface area contributed by atoms with Crippen molar-refractivity contribution < 1.29 is 78.7 Å². The minimum absolute atomic E-state index is 0. The summed E-state index contributed by atoms with van der Waals surface area (Å²) in [5.74, 6) is 0. The molecule has 0 bridgehead atoms. The Balaban J connectivity index is 0. The Hall–Kier alpha value is 3.17. The van der Waals surface area contributed by atoms with E-state index in [1.54, 1.807) is 0 Å². The van der Waals surface area contributed by atoms with E-state index in [2.05, 4.69) is 0 Å². The van der Waals surface area contributed by atoms with Crippen LogP contribution in [0.4, 0.5) is 0 Å². The van der Waals surface area contributed by atoms with Gasteiger partial charge in [0, 0.05) is 0 Å². The van der Waals surface area contributed by atoms with Gasteiger partial charge in [0.05, 0.1) is 0 Å². The minimum Gasteiger partial charge on any atom is -1.00 e. The van der Waals surface area contributed by atoms with Gasteiger partial charge < -0.3 is 34.0 Å². The molecule has 0 aromatic carbocycles. The molecule has 0 fully saturated rings. The van der Waals surface area contributed by atoms with Crippen LogP contribution < -0.4 is 34.0 Å². The topological polar surface area (TPSA) is 0 Å². The normalized spacial score (nSPS) is 0. The van der Waals surface area contributed by atoms with Crippen LogP contribution in [0.2, 0.25) is 0 Å². The van der Waals surface area contributed by atoms with E-state index in [-0.39, 0.29) is 103 Å². The molecule has 0 aliphatic rings. The van der Waals surface area contributed by atoms with E-state index in [0.29, 0.717) is 0 Å². The first-order valence-electron chi connectivity index (χ1n) is 0. The fraction of sp³-hybridized carbons (Fsp3) is 0. The summed E-state index contributed by atoms with van der Waals surface area (Å²) in [6.45, 7) is 0. The van der Waals surface area contributed by atoms with E-state index < -0.39 is 0 Å². The zero-order valence-corrected chi connectivity index (χ0v) is 10.2. The van der Waals surface area contributed by atoms with Gasteiger partial charge in [-0.2, -0.15) is 0 Å². The van der Waals surface area contributed by atoms with Crippen molar-refractivity contribution >= 4 is 24.0 Å². The molecule has 0 saturated carbocycles. The molecule has 0 aromatic rings. The average molecular weight is 503 g/mol. The summed E-state index contributed by atoms with van der Waals surface area (Å²) in [4.78, 5) is 0. The third-order valence-electron chi connectivity index (χ3n) is 0. The van der Waals surface area contributed by atoms with E-state index in [1.807, 2.05) is 0 Å². The number of halogens is 3. The number of hydrogen-bond acceptors (Lipinski definition) is 0. The third-order valence-corrected chi connectivity index (χ3v) is 0. The van der Waals surface area contributed by atoms with Crippen LogP contribution in [-0.2, 0) is 44.8 Å². The van der Waals surface area contributed by atoms with Gasteiger partial charge in [0.25, 0.3) is 0 Å². The van der Waals surface area contributed by atoms with Crippen molar-refractivity contribution in [2.24, 2.45) is 0 Å². The molecule has 0 unspecified atom stereocenters. The fourth-order valence-corrected chi connectivity index (χ4v) is 0.